The van der Waals surface area contributed by atoms with Gasteiger partial charge in [-0.1, -0.05) is 48.5 Å². The largest absolute Gasteiger partial charge is 0.358 e. The van der Waals surface area contributed by atoms with E-state index in [9.17, 15) is 9.59 Å². The van der Waals surface area contributed by atoms with Crippen molar-refractivity contribution in [2.45, 2.75) is 19.5 Å². The Morgan fingerprint density at radius 3 is 2.78 bits per heavy atom. The first-order valence-electron chi connectivity index (χ1n) is 10.6. The summed E-state index contributed by atoms with van der Waals surface area (Å²) >= 11 is 1.42. The predicted octanol–water partition coefficient (Wildman–Crippen LogP) is 4.19. The standard InChI is InChI=1S/C25H20N4O2S/c30-23(28-11-10-20-18(13-28)17-8-4-5-9-19(17)27-20)14-29-15-26-21-12-22(32-24(21)25(29)31)16-6-2-1-3-7-16/h1-9,12,15,27H,10-11,13-14H2. The quantitative estimate of drug-likeness (QED) is 0.457. The molecule has 1 amide bonds. The van der Waals surface area contributed by atoms with Crippen LogP contribution in [0.4, 0.5) is 0 Å². The Hall–Kier alpha value is -3.71. The smallest absolute Gasteiger partial charge is 0.271 e. The minimum atomic E-state index is -0.166. The molecule has 0 atom stereocenters. The molecule has 0 unspecified atom stereocenters. The van der Waals surface area contributed by atoms with Crippen LogP contribution in [0.5, 0.6) is 0 Å². The number of para-hydroxylation sites is 1. The number of aromatic amines is 1. The number of rotatable bonds is 3. The van der Waals surface area contributed by atoms with E-state index in [2.05, 4.69) is 22.1 Å². The normalized spacial score (nSPS) is 13.6. The van der Waals surface area contributed by atoms with Gasteiger partial charge in [-0.05, 0) is 17.7 Å². The second-order valence-electron chi connectivity index (χ2n) is 8.06. The van der Waals surface area contributed by atoms with Gasteiger partial charge in [-0.15, -0.1) is 11.3 Å². The first-order chi connectivity index (χ1) is 15.7. The molecule has 2 aromatic carbocycles. The lowest BCUT2D eigenvalue weighted by molar-refractivity contribution is -0.132. The summed E-state index contributed by atoms with van der Waals surface area (Å²) in [5, 5.41) is 1.16. The Bertz CT molecular complexity index is 1530. The van der Waals surface area contributed by atoms with Crippen LogP contribution >= 0.6 is 11.3 Å². The molecule has 0 fully saturated rings. The first kappa shape index (κ1) is 19.0. The van der Waals surface area contributed by atoms with E-state index in [1.807, 2.05) is 53.4 Å². The molecular formula is C25H20N4O2S. The molecule has 0 bridgehead atoms. The number of carbonyl (C=O) groups is 1. The van der Waals surface area contributed by atoms with Gasteiger partial charge < -0.3 is 9.88 Å². The van der Waals surface area contributed by atoms with Crippen molar-refractivity contribution < 1.29 is 4.79 Å². The van der Waals surface area contributed by atoms with Crippen LogP contribution in [-0.2, 0) is 24.3 Å². The molecule has 6 rings (SSSR count). The SMILES string of the molecule is O=C(Cn1cnc2cc(-c3ccccc3)sc2c1=O)N1CCc2[nH]c3ccccc3c2C1. The minimum absolute atomic E-state index is 0.00195. The van der Waals surface area contributed by atoms with Gasteiger partial charge in [0.25, 0.3) is 5.56 Å². The fourth-order valence-corrected chi connectivity index (χ4v) is 5.49. The highest BCUT2D eigenvalue weighted by molar-refractivity contribution is 7.22. The molecule has 0 radical (unpaired) electrons. The molecule has 6 nitrogen and oxygen atoms in total. The highest BCUT2D eigenvalue weighted by atomic mass is 32.1. The monoisotopic (exact) mass is 440 g/mol. The maximum atomic E-state index is 13.1. The molecular weight excluding hydrogens is 420 g/mol. The number of amides is 1. The van der Waals surface area contributed by atoms with Gasteiger partial charge in [-0.3, -0.25) is 14.2 Å². The zero-order valence-electron chi connectivity index (χ0n) is 17.2. The third-order valence-electron chi connectivity index (χ3n) is 6.10. The number of hydrogen-bond donors (Lipinski definition) is 1. The molecule has 4 heterocycles. The maximum Gasteiger partial charge on any atom is 0.271 e. The number of fused-ring (bicyclic) bond motifs is 4. The summed E-state index contributed by atoms with van der Waals surface area (Å²) in [5.41, 5.74) is 5.03. The van der Waals surface area contributed by atoms with Crippen LogP contribution in [0.1, 0.15) is 11.3 Å². The van der Waals surface area contributed by atoms with Gasteiger partial charge in [0.15, 0.2) is 0 Å². The lowest BCUT2D eigenvalue weighted by Gasteiger charge is -2.27. The van der Waals surface area contributed by atoms with Crippen LogP contribution in [0.25, 0.3) is 31.6 Å². The minimum Gasteiger partial charge on any atom is -0.358 e. The van der Waals surface area contributed by atoms with E-state index in [0.29, 0.717) is 23.3 Å². The van der Waals surface area contributed by atoms with Crippen LogP contribution in [0.15, 0.2) is 71.8 Å². The second kappa shape index (κ2) is 7.46. The number of hydrogen-bond acceptors (Lipinski definition) is 4. The molecule has 32 heavy (non-hydrogen) atoms. The Kier molecular flexibility index (Phi) is 4.43. The summed E-state index contributed by atoms with van der Waals surface area (Å²) < 4.78 is 2.01. The average Bonchev–Trinajstić information content (AvgIpc) is 3.43. The molecule has 0 saturated carbocycles. The fourth-order valence-electron chi connectivity index (χ4n) is 4.43. The lowest BCUT2D eigenvalue weighted by Crippen LogP contribution is -2.39. The number of carbonyl (C=O) groups excluding carboxylic acids is 1. The van der Waals surface area contributed by atoms with E-state index in [-0.39, 0.29) is 18.0 Å². The Morgan fingerprint density at radius 1 is 1.09 bits per heavy atom. The van der Waals surface area contributed by atoms with Crippen molar-refractivity contribution in [2.24, 2.45) is 0 Å². The third-order valence-corrected chi connectivity index (χ3v) is 7.26. The first-order valence-corrected chi connectivity index (χ1v) is 11.4. The Morgan fingerprint density at radius 2 is 1.91 bits per heavy atom. The Balaban J connectivity index is 1.27. The molecule has 3 aromatic heterocycles. The van der Waals surface area contributed by atoms with Crippen molar-refractivity contribution in [2.75, 3.05) is 6.54 Å². The topological polar surface area (TPSA) is 71.0 Å². The van der Waals surface area contributed by atoms with Gasteiger partial charge in [-0.25, -0.2) is 4.98 Å². The maximum absolute atomic E-state index is 13.1. The molecule has 1 aliphatic heterocycles. The van der Waals surface area contributed by atoms with Crippen LogP contribution in [-0.4, -0.2) is 31.9 Å². The van der Waals surface area contributed by atoms with Gasteiger partial charge in [-0.2, -0.15) is 0 Å². The number of nitrogens with one attached hydrogen (secondary N) is 1. The van der Waals surface area contributed by atoms with Crippen molar-refractivity contribution in [3.05, 3.63) is 88.6 Å². The number of benzene rings is 2. The number of thiophene rings is 1. The molecule has 0 saturated heterocycles. The average molecular weight is 441 g/mol. The fraction of sp³-hybridized carbons (Fsp3) is 0.160. The van der Waals surface area contributed by atoms with E-state index in [1.165, 1.54) is 33.5 Å². The van der Waals surface area contributed by atoms with Crippen molar-refractivity contribution in [3.63, 3.8) is 0 Å². The summed E-state index contributed by atoms with van der Waals surface area (Å²) in [6.45, 7) is 1.19. The second-order valence-corrected chi connectivity index (χ2v) is 9.11. The highest BCUT2D eigenvalue weighted by Gasteiger charge is 2.24. The zero-order valence-corrected chi connectivity index (χ0v) is 18.1. The van der Waals surface area contributed by atoms with Gasteiger partial charge in [0.1, 0.15) is 11.2 Å². The molecule has 0 spiro atoms. The van der Waals surface area contributed by atoms with Gasteiger partial charge in [0.05, 0.1) is 11.8 Å². The summed E-state index contributed by atoms with van der Waals surface area (Å²) in [4.78, 5) is 36.9. The van der Waals surface area contributed by atoms with E-state index in [1.54, 1.807) is 0 Å². The zero-order chi connectivity index (χ0) is 21.7. The molecule has 158 valence electrons. The van der Waals surface area contributed by atoms with E-state index in [4.69, 9.17) is 0 Å². The molecule has 5 aromatic rings. The third kappa shape index (κ3) is 3.13. The van der Waals surface area contributed by atoms with E-state index >= 15 is 0 Å². The number of H-pyrrole nitrogens is 1. The van der Waals surface area contributed by atoms with Crippen LogP contribution in [0.3, 0.4) is 0 Å². The molecule has 1 aliphatic rings. The highest BCUT2D eigenvalue weighted by Crippen LogP contribution is 2.31. The van der Waals surface area contributed by atoms with Gasteiger partial charge in [0.2, 0.25) is 5.91 Å². The molecule has 7 heteroatoms. The molecule has 1 N–H and O–H groups in total. The summed E-state index contributed by atoms with van der Waals surface area (Å²) in [7, 11) is 0. The summed E-state index contributed by atoms with van der Waals surface area (Å²) in [5.74, 6) is -0.0657. The van der Waals surface area contributed by atoms with Gasteiger partial charge >= 0.3 is 0 Å². The van der Waals surface area contributed by atoms with E-state index in [0.717, 1.165) is 27.8 Å². The van der Waals surface area contributed by atoms with Gasteiger partial charge in [0, 0.05) is 46.5 Å². The van der Waals surface area contributed by atoms with E-state index < -0.39 is 0 Å². The number of aromatic nitrogens is 3. The van der Waals surface area contributed by atoms with Crippen LogP contribution < -0.4 is 5.56 Å². The summed E-state index contributed by atoms with van der Waals surface area (Å²) in [6, 6.07) is 20.1. The van der Waals surface area contributed by atoms with Crippen molar-refractivity contribution >= 4 is 38.4 Å². The number of nitrogens with zero attached hydrogens (tertiary/aromatic N) is 3. The predicted molar refractivity (Wildman–Crippen MR) is 127 cm³/mol. The van der Waals surface area contributed by atoms with Crippen LogP contribution in [0.2, 0.25) is 0 Å². The Labute approximate surface area is 187 Å². The van der Waals surface area contributed by atoms with Crippen LogP contribution in [0, 0.1) is 0 Å². The summed E-state index contributed by atoms with van der Waals surface area (Å²) in [6.07, 6.45) is 2.28. The van der Waals surface area contributed by atoms with Crippen molar-refractivity contribution in [1.29, 1.82) is 0 Å². The lowest BCUT2D eigenvalue weighted by atomic mass is 10.0. The molecule has 0 aliphatic carbocycles. The van der Waals surface area contributed by atoms with Crippen molar-refractivity contribution in [3.8, 4) is 10.4 Å². The van der Waals surface area contributed by atoms with Crippen molar-refractivity contribution in [1.82, 2.24) is 19.4 Å².